The van der Waals surface area contributed by atoms with Crippen LogP contribution in [0.3, 0.4) is 0 Å². The third-order valence-corrected chi connectivity index (χ3v) is 3.91. The summed E-state index contributed by atoms with van der Waals surface area (Å²) in [7, 11) is 0. The molecule has 1 N–H and O–H groups in total. The molecule has 0 saturated heterocycles. The molecule has 3 rings (SSSR count). The molecule has 0 fully saturated rings. The molecule has 0 aromatic heterocycles. The van der Waals surface area contributed by atoms with E-state index >= 15 is 0 Å². The molecule has 0 atom stereocenters. The summed E-state index contributed by atoms with van der Waals surface area (Å²) in [6.07, 6.45) is 0.361. The Hall–Kier alpha value is -2.60. The second-order valence-electron chi connectivity index (χ2n) is 4.94. The van der Waals surface area contributed by atoms with Crippen LogP contribution in [0.4, 0.5) is 0 Å². The minimum atomic E-state index is -0.847. The van der Waals surface area contributed by atoms with Crippen molar-refractivity contribution in [1.29, 1.82) is 5.26 Å². The number of benzene rings is 2. The molecule has 3 nitrogen and oxygen atoms in total. The van der Waals surface area contributed by atoms with Gasteiger partial charge >= 0.3 is 5.97 Å². The molecular weight excluding hydrogens is 250 g/mol. The van der Waals surface area contributed by atoms with Crippen LogP contribution >= 0.6 is 0 Å². The SMILES string of the molecule is N#CCC1c2ccccc2C(C(=O)O)c2ccccc21. The van der Waals surface area contributed by atoms with Gasteiger partial charge in [-0.25, -0.2) is 0 Å². The van der Waals surface area contributed by atoms with Crippen molar-refractivity contribution >= 4 is 5.97 Å². The maximum absolute atomic E-state index is 11.7. The molecular formula is C17H13NO2. The first-order chi connectivity index (χ1) is 9.74. The number of carboxylic acid groups (broad SMARTS) is 1. The number of nitriles is 1. The lowest BCUT2D eigenvalue weighted by molar-refractivity contribution is -0.137. The zero-order valence-corrected chi connectivity index (χ0v) is 10.8. The number of hydrogen-bond acceptors (Lipinski definition) is 2. The largest absolute Gasteiger partial charge is 0.481 e. The highest BCUT2D eigenvalue weighted by Crippen LogP contribution is 2.44. The first-order valence-corrected chi connectivity index (χ1v) is 6.51. The Balaban J connectivity index is 2.28. The van der Waals surface area contributed by atoms with Crippen molar-refractivity contribution in [3.8, 4) is 6.07 Å². The van der Waals surface area contributed by atoms with Gasteiger partial charge in [0.15, 0.2) is 0 Å². The van der Waals surface area contributed by atoms with E-state index in [1.807, 2.05) is 48.5 Å². The van der Waals surface area contributed by atoms with Gasteiger partial charge in [0.05, 0.1) is 6.07 Å². The predicted octanol–water partition coefficient (Wildman–Crippen LogP) is 3.26. The number of fused-ring (bicyclic) bond motifs is 2. The van der Waals surface area contributed by atoms with Gasteiger partial charge in [-0.15, -0.1) is 0 Å². The van der Waals surface area contributed by atoms with Crippen LogP contribution in [0.5, 0.6) is 0 Å². The van der Waals surface area contributed by atoms with Crippen LogP contribution in [-0.2, 0) is 4.79 Å². The first-order valence-electron chi connectivity index (χ1n) is 6.51. The number of aliphatic carboxylic acids is 1. The van der Waals surface area contributed by atoms with E-state index in [2.05, 4.69) is 6.07 Å². The number of nitrogens with zero attached hydrogens (tertiary/aromatic N) is 1. The molecule has 2 aromatic carbocycles. The van der Waals surface area contributed by atoms with Crippen molar-refractivity contribution in [2.45, 2.75) is 18.3 Å². The molecule has 0 spiro atoms. The summed E-state index contributed by atoms with van der Waals surface area (Å²) in [6.45, 7) is 0. The Morgan fingerprint density at radius 1 is 1.00 bits per heavy atom. The standard InChI is InChI=1S/C17H13NO2/c18-10-9-13-11-5-1-3-7-14(11)16(17(19)20)15-8-4-2-6-12(13)15/h1-8,13,16H,9H2,(H,19,20). The van der Waals surface area contributed by atoms with E-state index in [0.717, 1.165) is 22.3 Å². The van der Waals surface area contributed by atoms with Gasteiger partial charge in [-0.1, -0.05) is 48.5 Å². The van der Waals surface area contributed by atoms with Gasteiger partial charge in [-0.05, 0) is 22.3 Å². The molecule has 0 saturated carbocycles. The van der Waals surface area contributed by atoms with Crippen molar-refractivity contribution in [3.05, 3.63) is 70.8 Å². The quantitative estimate of drug-likeness (QED) is 0.904. The third-order valence-electron chi connectivity index (χ3n) is 3.91. The van der Waals surface area contributed by atoms with Crippen molar-refractivity contribution in [3.63, 3.8) is 0 Å². The highest BCUT2D eigenvalue weighted by Gasteiger charge is 2.35. The predicted molar refractivity (Wildman–Crippen MR) is 74.4 cm³/mol. The highest BCUT2D eigenvalue weighted by atomic mass is 16.4. The number of rotatable bonds is 2. The van der Waals surface area contributed by atoms with Gasteiger partial charge in [0, 0.05) is 12.3 Å². The average Bonchev–Trinajstić information content (AvgIpc) is 2.47. The van der Waals surface area contributed by atoms with E-state index in [-0.39, 0.29) is 5.92 Å². The number of hydrogen-bond donors (Lipinski definition) is 1. The normalized spacial score (nSPS) is 19.6. The van der Waals surface area contributed by atoms with E-state index in [9.17, 15) is 9.90 Å². The van der Waals surface area contributed by atoms with Crippen LogP contribution in [0.15, 0.2) is 48.5 Å². The maximum Gasteiger partial charge on any atom is 0.315 e. The fourth-order valence-corrected chi connectivity index (χ4v) is 3.09. The molecule has 0 bridgehead atoms. The summed E-state index contributed by atoms with van der Waals surface area (Å²) < 4.78 is 0. The summed E-state index contributed by atoms with van der Waals surface area (Å²) in [4.78, 5) is 11.7. The smallest absolute Gasteiger partial charge is 0.315 e. The van der Waals surface area contributed by atoms with Crippen molar-refractivity contribution in [2.75, 3.05) is 0 Å². The van der Waals surface area contributed by atoms with Gasteiger partial charge in [0.1, 0.15) is 5.92 Å². The van der Waals surface area contributed by atoms with Gasteiger partial charge in [0.25, 0.3) is 0 Å². The fourth-order valence-electron chi connectivity index (χ4n) is 3.09. The van der Waals surface area contributed by atoms with Crippen molar-refractivity contribution in [2.24, 2.45) is 0 Å². The molecule has 3 heteroatoms. The molecule has 1 aliphatic carbocycles. The summed E-state index contributed by atoms with van der Waals surface area (Å²) >= 11 is 0. The molecule has 2 aromatic rings. The molecule has 0 radical (unpaired) electrons. The van der Waals surface area contributed by atoms with Crippen LogP contribution in [0.2, 0.25) is 0 Å². The summed E-state index contributed by atoms with van der Waals surface area (Å²) in [5.74, 6) is -1.53. The Bertz CT molecular complexity index is 667. The highest BCUT2D eigenvalue weighted by molar-refractivity contribution is 5.83. The van der Waals surface area contributed by atoms with Crippen LogP contribution < -0.4 is 0 Å². The Labute approximate surface area is 117 Å². The summed E-state index contributed by atoms with van der Waals surface area (Å²) in [6, 6.07) is 17.3. The third kappa shape index (κ3) is 1.78. The average molecular weight is 263 g/mol. The fraction of sp³-hybridized carbons (Fsp3) is 0.176. The molecule has 0 aliphatic heterocycles. The zero-order chi connectivity index (χ0) is 14.1. The van der Waals surface area contributed by atoms with E-state index in [0.29, 0.717) is 6.42 Å². The maximum atomic E-state index is 11.7. The van der Waals surface area contributed by atoms with E-state index in [1.54, 1.807) is 0 Å². The van der Waals surface area contributed by atoms with Gasteiger partial charge in [-0.3, -0.25) is 4.79 Å². The van der Waals surface area contributed by atoms with Crippen LogP contribution in [-0.4, -0.2) is 11.1 Å². The molecule has 20 heavy (non-hydrogen) atoms. The number of carbonyl (C=O) groups is 1. The van der Waals surface area contributed by atoms with Crippen LogP contribution in [0, 0.1) is 11.3 Å². The van der Waals surface area contributed by atoms with Crippen LogP contribution in [0.25, 0.3) is 0 Å². The summed E-state index contributed by atoms with van der Waals surface area (Å²) in [5, 5.41) is 18.7. The Morgan fingerprint density at radius 2 is 1.45 bits per heavy atom. The summed E-state index contributed by atoms with van der Waals surface area (Å²) in [5.41, 5.74) is 3.53. The minimum Gasteiger partial charge on any atom is -0.481 e. The lowest BCUT2D eigenvalue weighted by atomic mass is 9.71. The van der Waals surface area contributed by atoms with Gasteiger partial charge in [-0.2, -0.15) is 5.26 Å². The second-order valence-corrected chi connectivity index (χ2v) is 4.94. The zero-order valence-electron chi connectivity index (χ0n) is 10.8. The molecule has 98 valence electrons. The lowest BCUT2D eigenvalue weighted by Crippen LogP contribution is -2.23. The lowest BCUT2D eigenvalue weighted by Gasteiger charge is -2.31. The van der Waals surface area contributed by atoms with Gasteiger partial charge < -0.3 is 5.11 Å². The first kappa shape index (κ1) is 12.4. The Morgan fingerprint density at radius 3 is 1.85 bits per heavy atom. The number of carboxylic acids is 1. The van der Waals surface area contributed by atoms with Gasteiger partial charge in [0.2, 0.25) is 0 Å². The van der Waals surface area contributed by atoms with E-state index < -0.39 is 11.9 Å². The molecule has 0 heterocycles. The molecule has 1 aliphatic rings. The molecule has 0 amide bonds. The topological polar surface area (TPSA) is 61.1 Å². The Kier molecular flexibility index (Phi) is 3.00. The minimum absolute atomic E-state index is 0.0389. The van der Waals surface area contributed by atoms with Crippen LogP contribution in [0.1, 0.15) is 40.5 Å². The van der Waals surface area contributed by atoms with E-state index in [4.69, 9.17) is 5.26 Å². The monoisotopic (exact) mass is 263 g/mol. The van der Waals surface area contributed by atoms with E-state index in [1.165, 1.54) is 0 Å². The second kappa shape index (κ2) is 4.82. The van der Waals surface area contributed by atoms with Crippen molar-refractivity contribution in [1.82, 2.24) is 0 Å². The molecule has 0 unspecified atom stereocenters. The van der Waals surface area contributed by atoms with Crippen molar-refractivity contribution < 1.29 is 9.90 Å².